The number of aryl methyl sites for hydroxylation is 2. The third kappa shape index (κ3) is 5.55. The van der Waals surface area contributed by atoms with Gasteiger partial charge in [0.1, 0.15) is 11.6 Å². The van der Waals surface area contributed by atoms with E-state index in [-0.39, 0.29) is 16.9 Å². The Morgan fingerprint density at radius 1 is 0.793 bits per heavy atom. The van der Waals surface area contributed by atoms with Crippen LogP contribution < -0.4 is 0 Å². The number of nitro benzene ring substituents is 2. The Labute approximate surface area is 169 Å². The highest BCUT2D eigenvalue weighted by Crippen LogP contribution is 2.28. The first-order valence-electron chi connectivity index (χ1n) is 8.21. The third-order valence-electron chi connectivity index (χ3n) is 4.02. The molecule has 29 heavy (non-hydrogen) atoms. The summed E-state index contributed by atoms with van der Waals surface area (Å²) in [5.41, 5.74) is 1.59. The molecule has 3 aromatic rings. The van der Waals surface area contributed by atoms with Gasteiger partial charge in [0.2, 0.25) is 0 Å². The fraction of sp³-hybridized carbons (Fsp3) is 0.100. The molecule has 0 bridgehead atoms. The summed E-state index contributed by atoms with van der Waals surface area (Å²) >= 11 is 5.56. The Morgan fingerprint density at radius 3 is 1.86 bits per heavy atom. The van der Waals surface area contributed by atoms with Gasteiger partial charge in [-0.1, -0.05) is 29.8 Å². The van der Waals surface area contributed by atoms with Gasteiger partial charge in [-0.3, -0.25) is 20.2 Å². The van der Waals surface area contributed by atoms with Crippen molar-refractivity contribution in [3.05, 3.63) is 103 Å². The first-order valence-corrected chi connectivity index (χ1v) is 8.59. The van der Waals surface area contributed by atoms with Crippen molar-refractivity contribution in [2.45, 2.75) is 13.8 Å². The molecule has 9 heteroatoms. The van der Waals surface area contributed by atoms with Crippen LogP contribution in [0.15, 0.2) is 54.6 Å². The molecule has 0 aliphatic rings. The summed E-state index contributed by atoms with van der Waals surface area (Å²) < 4.78 is 26.3. The topological polar surface area (TPSA) is 86.3 Å². The van der Waals surface area contributed by atoms with Crippen LogP contribution in [0, 0.1) is 45.7 Å². The van der Waals surface area contributed by atoms with Crippen LogP contribution in [0.3, 0.4) is 0 Å². The molecular formula is C20H15ClF2N2O4. The molecule has 0 atom stereocenters. The molecule has 6 nitrogen and oxygen atoms in total. The second-order valence-corrected chi connectivity index (χ2v) is 6.51. The summed E-state index contributed by atoms with van der Waals surface area (Å²) in [5.74, 6) is -1.42. The van der Waals surface area contributed by atoms with E-state index in [1.165, 1.54) is 24.3 Å². The number of hydrogen-bond acceptors (Lipinski definition) is 4. The van der Waals surface area contributed by atoms with Gasteiger partial charge < -0.3 is 0 Å². The average molecular weight is 421 g/mol. The van der Waals surface area contributed by atoms with Crippen LogP contribution in [0.1, 0.15) is 11.1 Å². The molecule has 0 heterocycles. The van der Waals surface area contributed by atoms with Crippen LogP contribution >= 0.6 is 11.6 Å². The van der Waals surface area contributed by atoms with Gasteiger partial charge in [0, 0.05) is 39.9 Å². The maximum atomic E-state index is 13.6. The molecule has 3 aromatic carbocycles. The molecule has 0 spiro atoms. The second kappa shape index (κ2) is 9.20. The highest BCUT2D eigenvalue weighted by atomic mass is 35.5. The van der Waals surface area contributed by atoms with Crippen LogP contribution in [0.25, 0.3) is 11.1 Å². The Bertz CT molecular complexity index is 1090. The summed E-state index contributed by atoms with van der Waals surface area (Å²) in [7, 11) is 0. The molecule has 0 aliphatic heterocycles. The SMILES string of the molecule is Cc1ccc(-c2ccc(F)cc2F)cc1[N+](=O)[O-].Cc1ccc(Cl)cc1[N+](=O)[O-]. The maximum Gasteiger partial charge on any atom is 0.273 e. The predicted molar refractivity (Wildman–Crippen MR) is 106 cm³/mol. The minimum atomic E-state index is -0.742. The molecule has 0 N–H and O–H groups in total. The van der Waals surface area contributed by atoms with Crippen LogP contribution in [-0.2, 0) is 0 Å². The van der Waals surface area contributed by atoms with E-state index in [1.54, 1.807) is 32.0 Å². The van der Waals surface area contributed by atoms with Gasteiger partial charge in [-0.2, -0.15) is 0 Å². The Morgan fingerprint density at radius 2 is 1.34 bits per heavy atom. The Hall–Kier alpha value is -3.39. The summed E-state index contributed by atoms with van der Waals surface area (Å²) in [6, 6.07) is 12.1. The van der Waals surface area contributed by atoms with Gasteiger partial charge in [0.25, 0.3) is 11.4 Å². The van der Waals surface area contributed by atoms with Gasteiger partial charge in [-0.15, -0.1) is 0 Å². The van der Waals surface area contributed by atoms with E-state index in [0.717, 1.165) is 12.1 Å². The molecular weight excluding hydrogens is 406 g/mol. The van der Waals surface area contributed by atoms with Crippen molar-refractivity contribution in [3.8, 4) is 11.1 Å². The lowest BCUT2D eigenvalue weighted by molar-refractivity contribution is -0.385. The van der Waals surface area contributed by atoms with Gasteiger partial charge in [-0.05, 0) is 37.6 Å². The lowest BCUT2D eigenvalue weighted by Gasteiger charge is -2.05. The minimum absolute atomic E-state index is 0.0671. The number of benzene rings is 3. The highest BCUT2D eigenvalue weighted by molar-refractivity contribution is 6.30. The van der Waals surface area contributed by atoms with Crippen molar-refractivity contribution in [1.29, 1.82) is 0 Å². The van der Waals surface area contributed by atoms with Crippen molar-refractivity contribution in [1.82, 2.24) is 0 Å². The Balaban J connectivity index is 0.000000234. The normalized spacial score (nSPS) is 10.1. The number of hydrogen-bond donors (Lipinski definition) is 0. The molecule has 0 saturated heterocycles. The van der Waals surface area contributed by atoms with E-state index in [1.807, 2.05) is 0 Å². The van der Waals surface area contributed by atoms with Crippen LogP contribution in [0.5, 0.6) is 0 Å². The Kier molecular flexibility index (Phi) is 6.95. The third-order valence-corrected chi connectivity index (χ3v) is 4.25. The van der Waals surface area contributed by atoms with Crippen molar-refractivity contribution in [2.75, 3.05) is 0 Å². The first kappa shape index (κ1) is 21.9. The zero-order valence-corrected chi connectivity index (χ0v) is 16.1. The van der Waals surface area contributed by atoms with Gasteiger partial charge in [-0.25, -0.2) is 8.78 Å². The largest absolute Gasteiger partial charge is 0.273 e. The van der Waals surface area contributed by atoms with Crippen molar-refractivity contribution in [2.24, 2.45) is 0 Å². The van der Waals surface area contributed by atoms with Gasteiger partial charge in [0.15, 0.2) is 0 Å². The molecule has 0 radical (unpaired) electrons. The molecule has 3 rings (SSSR count). The summed E-state index contributed by atoms with van der Waals surface area (Å²) in [6.07, 6.45) is 0. The first-order chi connectivity index (χ1) is 13.6. The molecule has 150 valence electrons. The van der Waals surface area contributed by atoms with Crippen molar-refractivity contribution >= 4 is 23.0 Å². The maximum absolute atomic E-state index is 13.6. The van der Waals surface area contributed by atoms with E-state index < -0.39 is 21.5 Å². The smallest absolute Gasteiger partial charge is 0.258 e. The standard InChI is InChI=1S/C13H9F2NO2.C7H6ClNO2/c1-8-2-3-9(6-13(8)16(17)18)11-5-4-10(14)7-12(11)15;1-5-2-3-6(8)4-7(5)9(10)11/h2-7H,1H3;2-4H,1H3. The molecule has 0 unspecified atom stereocenters. The quantitative estimate of drug-likeness (QED) is 0.362. The fourth-order valence-corrected chi connectivity index (χ4v) is 2.64. The average Bonchev–Trinajstić information content (AvgIpc) is 2.64. The van der Waals surface area contributed by atoms with Gasteiger partial charge >= 0.3 is 0 Å². The van der Waals surface area contributed by atoms with E-state index in [9.17, 15) is 29.0 Å². The predicted octanol–water partition coefficient (Wildman–Crippen LogP) is 6.41. The second-order valence-electron chi connectivity index (χ2n) is 6.07. The number of nitro groups is 2. The molecule has 0 aromatic heterocycles. The highest BCUT2D eigenvalue weighted by Gasteiger charge is 2.14. The zero-order valence-electron chi connectivity index (χ0n) is 15.4. The lowest BCUT2D eigenvalue weighted by atomic mass is 10.0. The van der Waals surface area contributed by atoms with E-state index in [2.05, 4.69) is 0 Å². The zero-order chi connectivity index (χ0) is 21.7. The molecule has 0 amide bonds. The molecule has 0 fully saturated rings. The number of nitrogens with zero attached hydrogens (tertiary/aromatic N) is 2. The van der Waals surface area contributed by atoms with E-state index in [0.29, 0.717) is 21.7 Å². The van der Waals surface area contributed by atoms with E-state index >= 15 is 0 Å². The van der Waals surface area contributed by atoms with Crippen LogP contribution in [0.4, 0.5) is 20.2 Å². The summed E-state index contributed by atoms with van der Waals surface area (Å²) in [5, 5.41) is 21.5. The summed E-state index contributed by atoms with van der Waals surface area (Å²) in [6.45, 7) is 3.28. The molecule has 0 saturated carbocycles. The molecule has 0 aliphatic carbocycles. The minimum Gasteiger partial charge on any atom is -0.258 e. The van der Waals surface area contributed by atoms with Crippen molar-refractivity contribution < 1.29 is 18.6 Å². The van der Waals surface area contributed by atoms with Crippen molar-refractivity contribution in [3.63, 3.8) is 0 Å². The monoisotopic (exact) mass is 420 g/mol. The van der Waals surface area contributed by atoms with Crippen LogP contribution in [-0.4, -0.2) is 9.85 Å². The fourth-order valence-electron chi connectivity index (χ4n) is 2.48. The van der Waals surface area contributed by atoms with Crippen LogP contribution in [0.2, 0.25) is 5.02 Å². The van der Waals surface area contributed by atoms with Gasteiger partial charge in [0.05, 0.1) is 9.85 Å². The summed E-state index contributed by atoms with van der Waals surface area (Å²) in [4.78, 5) is 20.1. The lowest BCUT2D eigenvalue weighted by Crippen LogP contribution is -1.93. The number of halogens is 3. The number of rotatable bonds is 3. The van der Waals surface area contributed by atoms with E-state index in [4.69, 9.17) is 11.6 Å².